The third-order valence-electron chi connectivity index (χ3n) is 3.69. The van der Waals surface area contributed by atoms with Crippen molar-refractivity contribution in [3.63, 3.8) is 0 Å². The van der Waals surface area contributed by atoms with Gasteiger partial charge in [0.1, 0.15) is 5.92 Å². The zero-order valence-corrected chi connectivity index (χ0v) is 14.8. The molecule has 0 aliphatic carbocycles. The number of hydrogen-bond donors (Lipinski definition) is 2. The third kappa shape index (κ3) is 2.36. The number of H-pyrrole nitrogens is 1. The zero-order valence-electron chi connectivity index (χ0n) is 12.4. The van der Waals surface area contributed by atoms with E-state index in [0.29, 0.717) is 5.88 Å². The Balaban J connectivity index is 2.24. The maximum atomic E-state index is 9.55. The van der Waals surface area contributed by atoms with E-state index in [1.54, 1.807) is 11.3 Å². The van der Waals surface area contributed by atoms with E-state index in [4.69, 9.17) is 10.1 Å². The second-order valence-electron chi connectivity index (χ2n) is 6.26. The fraction of sp³-hybridized carbons (Fsp3) is 0.400. The zero-order chi connectivity index (χ0) is 16.1. The highest BCUT2D eigenvalue weighted by Gasteiger charge is 2.42. The first-order chi connectivity index (χ1) is 10.3. The Morgan fingerprint density at radius 1 is 1.45 bits per heavy atom. The SMILES string of the molecule is CC(C)(C)c1[nH]nc2c1C(c1ccc(Br)s1)C(C#N)C(=N)O2. The van der Waals surface area contributed by atoms with Gasteiger partial charge in [0.15, 0.2) is 0 Å². The minimum Gasteiger partial charge on any atom is -0.422 e. The Morgan fingerprint density at radius 3 is 2.73 bits per heavy atom. The first kappa shape index (κ1) is 15.3. The van der Waals surface area contributed by atoms with Gasteiger partial charge in [-0.2, -0.15) is 5.26 Å². The molecule has 114 valence electrons. The molecule has 5 nitrogen and oxygen atoms in total. The summed E-state index contributed by atoms with van der Waals surface area (Å²) in [5, 5.41) is 24.8. The molecule has 2 atom stereocenters. The lowest BCUT2D eigenvalue weighted by Gasteiger charge is -2.29. The standard InChI is InChI=1S/C15H15BrN4OS/c1-15(2,3)12-11-10(8-4-5-9(16)22-8)7(6-17)13(18)21-14(11)20-19-12/h4-5,7,10,18H,1-3H3,(H,19,20). The van der Waals surface area contributed by atoms with Crippen LogP contribution in [0.5, 0.6) is 5.88 Å². The van der Waals surface area contributed by atoms with E-state index in [1.165, 1.54) is 0 Å². The molecule has 22 heavy (non-hydrogen) atoms. The van der Waals surface area contributed by atoms with Gasteiger partial charge in [0.2, 0.25) is 11.8 Å². The van der Waals surface area contributed by atoms with Gasteiger partial charge < -0.3 is 4.74 Å². The summed E-state index contributed by atoms with van der Waals surface area (Å²) in [7, 11) is 0. The summed E-state index contributed by atoms with van der Waals surface area (Å²) in [6.07, 6.45) is 0. The molecule has 7 heteroatoms. The molecule has 0 amide bonds. The average molecular weight is 379 g/mol. The summed E-state index contributed by atoms with van der Waals surface area (Å²) < 4.78 is 6.48. The van der Waals surface area contributed by atoms with Crippen LogP contribution in [0.15, 0.2) is 15.9 Å². The van der Waals surface area contributed by atoms with Crippen molar-refractivity contribution in [3.05, 3.63) is 32.1 Å². The fourth-order valence-electron chi connectivity index (χ4n) is 2.69. The van der Waals surface area contributed by atoms with Crippen LogP contribution in [-0.2, 0) is 5.41 Å². The number of nitriles is 1. The van der Waals surface area contributed by atoms with E-state index >= 15 is 0 Å². The van der Waals surface area contributed by atoms with Crippen LogP contribution in [0, 0.1) is 22.7 Å². The second-order valence-corrected chi connectivity index (χ2v) is 8.75. The van der Waals surface area contributed by atoms with E-state index in [0.717, 1.165) is 19.9 Å². The number of aromatic amines is 1. The van der Waals surface area contributed by atoms with Gasteiger partial charge >= 0.3 is 0 Å². The highest BCUT2D eigenvalue weighted by molar-refractivity contribution is 9.11. The average Bonchev–Trinajstić information content (AvgIpc) is 3.02. The first-order valence-electron chi connectivity index (χ1n) is 6.83. The Labute approximate surface area is 140 Å². The second kappa shape index (κ2) is 5.21. The van der Waals surface area contributed by atoms with Crippen molar-refractivity contribution in [1.82, 2.24) is 10.2 Å². The van der Waals surface area contributed by atoms with Crippen LogP contribution in [0.25, 0.3) is 0 Å². The normalized spacial score (nSPS) is 21.1. The van der Waals surface area contributed by atoms with E-state index in [2.05, 4.69) is 53.0 Å². The van der Waals surface area contributed by atoms with Gasteiger partial charge in [0.05, 0.1) is 15.8 Å². The van der Waals surface area contributed by atoms with Crippen LogP contribution in [-0.4, -0.2) is 16.1 Å². The highest BCUT2D eigenvalue weighted by atomic mass is 79.9. The molecular weight excluding hydrogens is 364 g/mol. The van der Waals surface area contributed by atoms with Crippen LogP contribution in [0.3, 0.4) is 0 Å². The fourth-order valence-corrected chi connectivity index (χ4v) is 4.26. The van der Waals surface area contributed by atoms with Crippen molar-refractivity contribution in [2.45, 2.75) is 32.1 Å². The number of ether oxygens (including phenoxy) is 1. The molecule has 2 unspecified atom stereocenters. The Hall–Kier alpha value is -1.65. The number of nitrogens with one attached hydrogen (secondary N) is 2. The minimum absolute atomic E-state index is 0.0449. The van der Waals surface area contributed by atoms with Gasteiger partial charge in [0.25, 0.3) is 0 Å². The molecule has 0 radical (unpaired) electrons. The van der Waals surface area contributed by atoms with Crippen LogP contribution in [0.1, 0.15) is 42.8 Å². The maximum Gasteiger partial charge on any atom is 0.243 e. The number of thiophene rings is 1. The molecule has 2 N–H and O–H groups in total. The first-order valence-corrected chi connectivity index (χ1v) is 8.43. The van der Waals surface area contributed by atoms with Crippen molar-refractivity contribution in [1.29, 1.82) is 10.7 Å². The van der Waals surface area contributed by atoms with Crippen LogP contribution in [0.2, 0.25) is 0 Å². The summed E-state index contributed by atoms with van der Waals surface area (Å²) in [5.41, 5.74) is 1.69. The summed E-state index contributed by atoms with van der Waals surface area (Å²) in [4.78, 5) is 1.03. The quantitative estimate of drug-likeness (QED) is 0.780. The maximum absolute atomic E-state index is 9.55. The molecule has 1 aliphatic heterocycles. The Bertz CT molecular complexity index is 780. The summed E-state index contributed by atoms with van der Waals surface area (Å²) in [6.45, 7) is 6.26. The van der Waals surface area contributed by atoms with Crippen molar-refractivity contribution in [2.75, 3.05) is 0 Å². The van der Waals surface area contributed by atoms with Gasteiger partial charge in [-0.15, -0.1) is 16.4 Å². The molecule has 2 aromatic heterocycles. The lowest BCUT2D eigenvalue weighted by molar-refractivity contribution is 0.435. The molecule has 1 aliphatic rings. The smallest absolute Gasteiger partial charge is 0.243 e. The van der Waals surface area contributed by atoms with E-state index in [1.807, 2.05) is 12.1 Å². The summed E-state index contributed by atoms with van der Waals surface area (Å²) in [6, 6.07) is 6.17. The van der Waals surface area contributed by atoms with Gasteiger partial charge in [0, 0.05) is 21.5 Å². The molecular formula is C15H15BrN4OS. The molecule has 0 bridgehead atoms. The largest absolute Gasteiger partial charge is 0.422 e. The number of hydrogen-bond acceptors (Lipinski definition) is 5. The van der Waals surface area contributed by atoms with Gasteiger partial charge in [-0.1, -0.05) is 20.8 Å². The molecule has 0 spiro atoms. The van der Waals surface area contributed by atoms with Gasteiger partial charge in [-0.05, 0) is 28.1 Å². The van der Waals surface area contributed by atoms with E-state index in [9.17, 15) is 5.26 Å². The molecule has 3 rings (SSSR count). The number of rotatable bonds is 1. The highest BCUT2D eigenvalue weighted by Crippen LogP contribution is 2.47. The molecule has 0 saturated carbocycles. The monoisotopic (exact) mass is 378 g/mol. The van der Waals surface area contributed by atoms with Crippen LogP contribution < -0.4 is 4.74 Å². The molecule has 0 aromatic carbocycles. The third-order valence-corrected chi connectivity index (χ3v) is 5.40. The van der Waals surface area contributed by atoms with Crippen molar-refractivity contribution >= 4 is 33.2 Å². The van der Waals surface area contributed by atoms with E-state index in [-0.39, 0.29) is 17.2 Å². The number of halogens is 1. The van der Waals surface area contributed by atoms with Gasteiger partial charge in [-0.25, -0.2) is 0 Å². The molecule has 3 heterocycles. The summed E-state index contributed by atoms with van der Waals surface area (Å²) in [5.74, 6) is -0.505. The van der Waals surface area contributed by atoms with Crippen molar-refractivity contribution in [2.24, 2.45) is 5.92 Å². The number of nitrogens with zero attached hydrogens (tertiary/aromatic N) is 2. The Kier molecular flexibility index (Phi) is 3.62. The van der Waals surface area contributed by atoms with Crippen LogP contribution in [0.4, 0.5) is 0 Å². The van der Waals surface area contributed by atoms with Crippen LogP contribution >= 0.6 is 27.3 Å². The van der Waals surface area contributed by atoms with Crippen molar-refractivity contribution in [3.8, 4) is 11.9 Å². The summed E-state index contributed by atoms with van der Waals surface area (Å²) >= 11 is 5.05. The lowest BCUT2D eigenvalue weighted by Crippen LogP contribution is -2.31. The van der Waals surface area contributed by atoms with Crippen molar-refractivity contribution < 1.29 is 4.74 Å². The lowest BCUT2D eigenvalue weighted by atomic mass is 9.78. The van der Waals surface area contributed by atoms with E-state index < -0.39 is 5.92 Å². The molecule has 0 fully saturated rings. The predicted molar refractivity (Wildman–Crippen MR) is 88.6 cm³/mol. The van der Waals surface area contributed by atoms with Gasteiger partial charge in [-0.3, -0.25) is 10.5 Å². The number of aromatic nitrogens is 2. The predicted octanol–water partition coefficient (Wildman–Crippen LogP) is 4.17. The molecule has 2 aromatic rings. The molecule has 0 saturated heterocycles. The Morgan fingerprint density at radius 2 is 2.18 bits per heavy atom. The number of fused-ring (bicyclic) bond motifs is 1. The topological polar surface area (TPSA) is 85.5 Å². The minimum atomic E-state index is -0.642.